The van der Waals surface area contributed by atoms with Crippen molar-refractivity contribution in [1.82, 2.24) is 0 Å². The summed E-state index contributed by atoms with van der Waals surface area (Å²) in [5.74, 6) is 0.690. The molecule has 1 saturated heterocycles. The van der Waals surface area contributed by atoms with Crippen molar-refractivity contribution >= 4 is 5.90 Å². The molecule has 0 aliphatic carbocycles. The highest BCUT2D eigenvalue weighted by atomic mass is 16.6. The normalized spacial score (nSPS) is 29.0. The summed E-state index contributed by atoms with van der Waals surface area (Å²) in [6, 6.07) is 20.3. The SMILES string of the molecule is COC[C@@H]1N=C(C2OC2c2ccccc2)O[C@H]1c1ccccc1. The van der Waals surface area contributed by atoms with Crippen LogP contribution in [0.3, 0.4) is 0 Å². The average molecular weight is 309 g/mol. The molecule has 23 heavy (non-hydrogen) atoms. The lowest BCUT2D eigenvalue weighted by molar-refractivity contribution is 0.118. The van der Waals surface area contributed by atoms with E-state index in [1.807, 2.05) is 36.4 Å². The molecular formula is C19H19NO3. The number of benzene rings is 2. The van der Waals surface area contributed by atoms with Crippen LogP contribution in [0.4, 0.5) is 0 Å². The molecule has 2 unspecified atom stereocenters. The smallest absolute Gasteiger partial charge is 0.217 e. The first kappa shape index (κ1) is 14.4. The van der Waals surface area contributed by atoms with Gasteiger partial charge in [0.25, 0.3) is 0 Å². The van der Waals surface area contributed by atoms with Gasteiger partial charge in [-0.3, -0.25) is 0 Å². The molecule has 0 radical (unpaired) electrons. The van der Waals surface area contributed by atoms with Crippen LogP contribution in [-0.2, 0) is 14.2 Å². The summed E-state index contributed by atoms with van der Waals surface area (Å²) in [5, 5.41) is 0. The van der Waals surface area contributed by atoms with Crippen LogP contribution in [0.5, 0.6) is 0 Å². The number of aliphatic imine (C=N–C) groups is 1. The highest BCUT2D eigenvalue weighted by molar-refractivity contribution is 5.86. The van der Waals surface area contributed by atoms with Gasteiger partial charge in [0.05, 0.1) is 6.61 Å². The zero-order chi connectivity index (χ0) is 15.6. The van der Waals surface area contributed by atoms with Gasteiger partial charge in [-0.15, -0.1) is 0 Å². The largest absolute Gasteiger partial charge is 0.468 e. The fourth-order valence-electron chi connectivity index (χ4n) is 3.04. The molecule has 2 aromatic carbocycles. The van der Waals surface area contributed by atoms with E-state index in [2.05, 4.69) is 24.3 Å². The molecular weight excluding hydrogens is 290 g/mol. The van der Waals surface area contributed by atoms with Gasteiger partial charge in [0.1, 0.15) is 18.2 Å². The Morgan fingerprint density at radius 1 is 0.870 bits per heavy atom. The van der Waals surface area contributed by atoms with Crippen LogP contribution in [0.15, 0.2) is 65.7 Å². The van der Waals surface area contributed by atoms with E-state index in [1.165, 1.54) is 0 Å². The average Bonchev–Trinajstić information content (AvgIpc) is 3.31. The Kier molecular flexibility index (Phi) is 3.85. The number of epoxide rings is 1. The zero-order valence-electron chi connectivity index (χ0n) is 13.0. The first-order valence-corrected chi connectivity index (χ1v) is 7.85. The van der Waals surface area contributed by atoms with Crippen LogP contribution in [-0.4, -0.2) is 31.8 Å². The number of hydrogen-bond donors (Lipinski definition) is 0. The molecule has 0 saturated carbocycles. The molecule has 2 aliphatic heterocycles. The lowest BCUT2D eigenvalue weighted by Gasteiger charge is -2.17. The summed E-state index contributed by atoms with van der Waals surface area (Å²) in [6.07, 6.45) is -0.134. The topological polar surface area (TPSA) is 43.3 Å². The maximum Gasteiger partial charge on any atom is 0.217 e. The molecule has 4 heteroatoms. The van der Waals surface area contributed by atoms with Gasteiger partial charge in [-0.1, -0.05) is 60.7 Å². The van der Waals surface area contributed by atoms with Crippen molar-refractivity contribution in [2.24, 2.45) is 4.99 Å². The number of nitrogens with zero attached hydrogens (tertiary/aromatic N) is 1. The van der Waals surface area contributed by atoms with Crippen molar-refractivity contribution in [3.05, 3.63) is 71.8 Å². The van der Waals surface area contributed by atoms with Crippen LogP contribution in [0, 0.1) is 0 Å². The molecule has 1 fully saturated rings. The number of methoxy groups -OCH3 is 1. The molecule has 2 aliphatic rings. The minimum atomic E-state index is -0.105. The van der Waals surface area contributed by atoms with Crippen LogP contribution in [0.2, 0.25) is 0 Å². The van der Waals surface area contributed by atoms with Gasteiger partial charge in [0.2, 0.25) is 5.90 Å². The van der Waals surface area contributed by atoms with Gasteiger partial charge in [-0.05, 0) is 11.1 Å². The third kappa shape index (κ3) is 2.87. The molecule has 4 atom stereocenters. The second kappa shape index (κ2) is 6.14. The van der Waals surface area contributed by atoms with Gasteiger partial charge in [-0.25, -0.2) is 4.99 Å². The maximum atomic E-state index is 6.13. The van der Waals surface area contributed by atoms with E-state index >= 15 is 0 Å². The third-order valence-corrected chi connectivity index (χ3v) is 4.22. The Labute approximate surface area is 135 Å². The maximum absolute atomic E-state index is 6.13. The molecule has 4 rings (SSSR count). The quantitative estimate of drug-likeness (QED) is 0.796. The molecule has 0 amide bonds. The molecule has 0 aromatic heterocycles. The van der Waals surface area contributed by atoms with Gasteiger partial charge >= 0.3 is 0 Å². The summed E-state index contributed by atoms with van der Waals surface area (Å²) in [7, 11) is 1.69. The van der Waals surface area contributed by atoms with Gasteiger partial charge < -0.3 is 14.2 Å². The van der Waals surface area contributed by atoms with E-state index in [-0.39, 0.29) is 24.4 Å². The molecule has 0 N–H and O–H groups in total. The standard InChI is InChI=1S/C19H19NO3/c1-21-12-15-16(13-8-4-2-5-9-13)23-19(20-15)18-17(22-18)14-10-6-3-7-11-14/h2-11,15-18H,12H2,1H3/t15-,16-,17?,18?/m0/s1. The number of ether oxygens (including phenoxy) is 3. The molecule has 2 heterocycles. The van der Waals surface area contributed by atoms with Crippen molar-refractivity contribution < 1.29 is 14.2 Å². The van der Waals surface area contributed by atoms with E-state index < -0.39 is 0 Å². The Balaban J connectivity index is 1.51. The minimum Gasteiger partial charge on any atom is -0.468 e. The predicted molar refractivity (Wildman–Crippen MR) is 87.4 cm³/mol. The number of hydrogen-bond acceptors (Lipinski definition) is 4. The van der Waals surface area contributed by atoms with Crippen LogP contribution in [0.1, 0.15) is 23.3 Å². The predicted octanol–water partition coefficient (Wildman–Crippen LogP) is 3.31. The summed E-state index contributed by atoms with van der Waals surface area (Å²) < 4.78 is 17.2. The molecule has 0 spiro atoms. The summed E-state index contributed by atoms with van der Waals surface area (Å²) in [6.45, 7) is 0.534. The third-order valence-electron chi connectivity index (χ3n) is 4.22. The lowest BCUT2D eigenvalue weighted by Crippen LogP contribution is -2.19. The zero-order valence-corrected chi connectivity index (χ0v) is 13.0. The van der Waals surface area contributed by atoms with Gasteiger partial charge in [0.15, 0.2) is 6.10 Å². The first-order chi connectivity index (χ1) is 11.4. The van der Waals surface area contributed by atoms with Gasteiger partial charge in [0, 0.05) is 7.11 Å². The van der Waals surface area contributed by atoms with E-state index in [0.717, 1.165) is 11.1 Å². The van der Waals surface area contributed by atoms with Crippen molar-refractivity contribution in [1.29, 1.82) is 0 Å². The summed E-state index contributed by atoms with van der Waals surface area (Å²) in [4.78, 5) is 4.72. The molecule has 4 nitrogen and oxygen atoms in total. The molecule has 2 aromatic rings. The van der Waals surface area contributed by atoms with Crippen LogP contribution < -0.4 is 0 Å². The Morgan fingerprint density at radius 2 is 1.48 bits per heavy atom. The molecule has 0 bridgehead atoms. The van der Waals surface area contributed by atoms with E-state index in [1.54, 1.807) is 7.11 Å². The van der Waals surface area contributed by atoms with Crippen LogP contribution >= 0.6 is 0 Å². The summed E-state index contributed by atoms with van der Waals surface area (Å²) >= 11 is 0. The highest BCUT2D eigenvalue weighted by Gasteiger charge is 2.49. The number of rotatable bonds is 5. The monoisotopic (exact) mass is 309 g/mol. The second-order valence-corrected chi connectivity index (χ2v) is 5.83. The summed E-state index contributed by atoms with van der Waals surface area (Å²) in [5.41, 5.74) is 2.28. The Morgan fingerprint density at radius 3 is 2.09 bits per heavy atom. The van der Waals surface area contributed by atoms with Gasteiger partial charge in [-0.2, -0.15) is 0 Å². The Hall–Kier alpha value is -2.17. The fourth-order valence-corrected chi connectivity index (χ4v) is 3.04. The van der Waals surface area contributed by atoms with Crippen molar-refractivity contribution in [3.63, 3.8) is 0 Å². The minimum absolute atomic E-state index is 0.0296. The van der Waals surface area contributed by atoms with Crippen molar-refractivity contribution in [2.75, 3.05) is 13.7 Å². The highest BCUT2D eigenvalue weighted by Crippen LogP contribution is 2.43. The van der Waals surface area contributed by atoms with E-state index in [9.17, 15) is 0 Å². The Bertz CT molecular complexity index is 686. The van der Waals surface area contributed by atoms with Crippen molar-refractivity contribution in [2.45, 2.75) is 24.4 Å². The van der Waals surface area contributed by atoms with E-state index in [4.69, 9.17) is 19.2 Å². The van der Waals surface area contributed by atoms with E-state index in [0.29, 0.717) is 12.5 Å². The molecule has 118 valence electrons. The van der Waals surface area contributed by atoms with Crippen LogP contribution in [0.25, 0.3) is 0 Å². The first-order valence-electron chi connectivity index (χ1n) is 7.85. The van der Waals surface area contributed by atoms with Crippen molar-refractivity contribution in [3.8, 4) is 0 Å². The lowest BCUT2D eigenvalue weighted by atomic mass is 10.0. The fraction of sp³-hybridized carbons (Fsp3) is 0.316. The second-order valence-electron chi connectivity index (χ2n) is 5.83.